The van der Waals surface area contributed by atoms with E-state index in [9.17, 15) is 8.42 Å². The number of hydrogen-bond acceptors (Lipinski definition) is 10. The summed E-state index contributed by atoms with van der Waals surface area (Å²) >= 11 is 0. The van der Waals surface area contributed by atoms with Gasteiger partial charge in [-0.2, -0.15) is 5.26 Å². The second-order valence-corrected chi connectivity index (χ2v) is 9.90. The quantitative estimate of drug-likeness (QED) is 0.320. The minimum atomic E-state index is -4.06. The molecule has 38 heavy (non-hydrogen) atoms. The molecule has 0 aliphatic rings. The van der Waals surface area contributed by atoms with Gasteiger partial charge in [-0.1, -0.05) is 6.07 Å². The van der Waals surface area contributed by atoms with E-state index in [2.05, 4.69) is 24.9 Å². The van der Waals surface area contributed by atoms with Crippen molar-refractivity contribution in [2.45, 2.75) is 13.0 Å². The molecular weight excluding hydrogens is 510 g/mol. The molecule has 3 aromatic heterocycles. The van der Waals surface area contributed by atoms with Gasteiger partial charge in [-0.3, -0.25) is 19.3 Å². The zero-order valence-electron chi connectivity index (χ0n) is 21.1. The molecule has 12 nitrogen and oxygen atoms in total. The first-order valence-electron chi connectivity index (χ1n) is 11.3. The number of aromatic nitrogens is 5. The van der Waals surface area contributed by atoms with Gasteiger partial charge in [0.2, 0.25) is 16.0 Å². The van der Waals surface area contributed by atoms with Crippen LogP contribution in [-0.4, -0.2) is 60.2 Å². The van der Waals surface area contributed by atoms with Crippen LogP contribution in [0.25, 0.3) is 17.1 Å². The van der Waals surface area contributed by atoms with Crippen molar-refractivity contribution in [3.05, 3.63) is 71.8 Å². The summed E-state index contributed by atoms with van der Waals surface area (Å²) in [6.07, 6.45) is 3.75. The summed E-state index contributed by atoms with van der Waals surface area (Å²) in [6.45, 7) is 1.88. The Morgan fingerprint density at radius 2 is 1.79 bits per heavy atom. The third-order valence-corrected chi connectivity index (χ3v) is 6.80. The van der Waals surface area contributed by atoms with Crippen LogP contribution in [0.1, 0.15) is 22.9 Å². The molecule has 4 rings (SSSR count). The predicted octanol–water partition coefficient (Wildman–Crippen LogP) is 3.05. The number of nitrogens with zero attached hydrogens (tertiary/aromatic N) is 6. The van der Waals surface area contributed by atoms with Gasteiger partial charge >= 0.3 is 0 Å². The molecule has 1 aromatic carbocycles. The topological polar surface area (TPSA) is 154 Å². The van der Waals surface area contributed by atoms with E-state index in [1.165, 1.54) is 32.1 Å². The van der Waals surface area contributed by atoms with E-state index < -0.39 is 21.9 Å². The number of benzene rings is 1. The third-order valence-electron chi connectivity index (χ3n) is 5.57. The van der Waals surface area contributed by atoms with E-state index in [0.29, 0.717) is 39.8 Å². The summed E-state index contributed by atoms with van der Waals surface area (Å²) in [5.74, 6) is 0.566. The fraction of sp³-hybridized carbons (Fsp3) is 0.240. The molecule has 0 aliphatic carbocycles. The monoisotopic (exact) mass is 535 g/mol. The van der Waals surface area contributed by atoms with Crippen LogP contribution in [0.3, 0.4) is 0 Å². The standard InChI is InChI=1S/C25H25N7O5S/c1-16-10-18(14-27-12-16)24-29-30-25(32(24)23-20(35-2)6-5-7-21(23)36-3)31-38(33,34)15-22(37-4)19-9-8-17(11-26)13-28-19/h5-10,12-14,22H,15H2,1-4H3,(H,30,31)/t22-/m0/s1. The molecule has 13 heteroatoms. The Kier molecular flexibility index (Phi) is 7.85. The number of nitrogens with one attached hydrogen (secondary N) is 1. The van der Waals surface area contributed by atoms with E-state index in [1.807, 2.05) is 19.1 Å². The summed E-state index contributed by atoms with van der Waals surface area (Å²) in [5.41, 5.74) is 2.59. The molecule has 196 valence electrons. The lowest BCUT2D eigenvalue weighted by molar-refractivity contribution is 0.118. The van der Waals surface area contributed by atoms with E-state index in [-0.39, 0.29) is 5.95 Å². The summed E-state index contributed by atoms with van der Waals surface area (Å²) in [5, 5.41) is 17.4. The Labute approximate surface area is 219 Å². The van der Waals surface area contributed by atoms with Crippen LogP contribution in [0.5, 0.6) is 11.5 Å². The fourth-order valence-electron chi connectivity index (χ4n) is 3.79. The second kappa shape index (κ2) is 11.2. The Morgan fingerprint density at radius 3 is 2.37 bits per heavy atom. The maximum absolute atomic E-state index is 13.3. The largest absolute Gasteiger partial charge is 0.494 e. The Morgan fingerprint density at radius 1 is 1.05 bits per heavy atom. The van der Waals surface area contributed by atoms with Crippen LogP contribution in [0.4, 0.5) is 5.95 Å². The van der Waals surface area contributed by atoms with Gasteiger partial charge in [-0.15, -0.1) is 10.2 Å². The van der Waals surface area contributed by atoms with Gasteiger partial charge in [0.25, 0.3) is 0 Å². The lowest BCUT2D eigenvalue weighted by atomic mass is 10.2. The number of para-hydroxylation sites is 1. The maximum Gasteiger partial charge on any atom is 0.243 e. The van der Waals surface area contributed by atoms with Crippen LogP contribution in [0.2, 0.25) is 0 Å². The van der Waals surface area contributed by atoms with Gasteiger partial charge in [0.1, 0.15) is 35.1 Å². The van der Waals surface area contributed by atoms with E-state index in [0.717, 1.165) is 5.56 Å². The predicted molar refractivity (Wildman–Crippen MR) is 139 cm³/mol. The number of aryl methyl sites for hydroxylation is 1. The van der Waals surface area contributed by atoms with Crippen molar-refractivity contribution in [3.8, 4) is 34.6 Å². The average molecular weight is 536 g/mol. The van der Waals surface area contributed by atoms with Crippen molar-refractivity contribution < 1.29 is 22.6 Å². The summed E-state index contributed by atoms with van der Waals surface area (Å²) in [6, 6.07) is 12.1. The summed E-state index contributed by atoms with van der Waals surface area (Å²) < 4.78 is 47.2. The van der Waals surface area contributed by atoms with E-state index >= 15 is 0 Å². The van der Waals surface area contributed by atoms with E-state index in [4.69, 9.17) is 19.5 Å². The molecule has 1 atom stereocenters. The first-order valence-corrected chi connectivity index (χ1v) is 12.9. The minimum absolute atomic E-state index is 0.0908. The van der Waals surface area contributed by atoms with Crippen molar-refractivity contribution in [1.29, 1.82) is 5.26 Å². The first kappa shape index (κ1) is 26.5. The lowest BCUT2D eigenvalue weighted by Crippen LogP contribution is -2.25. The zero-order valence-corrected chi connectivity index (χ0v) is 21.9. The zero-order chi connectivity index (χ0) is 27.3. The highest BCUT2D eigenvalue weighted by molar-refractivity contribution is 7.92. The molecular formula is C25H25N7O5S. The highest BCUT2D eigenvalue weighted by Gasteiger charge is 2.28. The van der Waals surface area contributed by atoms with Gasteiger partial charge in [0, 0.05) is 31.3 Å². The van der Waals surface area contributed by atoms with Crippen molar-refractivity contribution in [1.82, 2.24) is 24.7 Å². The van der Waals surface area contributed by atoms with E-state index in [1.54, 1.807) is 42.7 Å². The van der Waals surface area contributed by atoms with Crippen LogP contribution >= 0.6 is 0 Å². The van der Waals surface area contributed by atoms with Crippen molar-refractivity contribution in [2.75, 3.05) is 31.8 Å². The maximum atomic E-state index is 13.3. The number of rotatable bonds is 10. The van der Waals surface area contributed by atoms with Crippen LogP contribution in [0.15, 0.2) is 55.0 Å². The molecule has 0 amide bonds. The molecule has 0 saturated heterocycles. The number of methoxy groups -OCH3 is 3. The summed E-state index contributed by atoms with van der Waals surface area (Å²) in [4.78, 5) is 8.40. The van der Waals surface area contributed by atoms with Gasteiger partial charge in [0.15, 0.2) is 5.82 Å². The van der Waals surface area contributed by atoms with Gasteiger partial charge in [0.05, 0.1) is 25.5 Å². The SMILES string of the molecule is COc1cccc(OC)c1-n1c(NS(=O)(=O)C[C@H](OC)c2ccc(C#N)cn2)nnc1-c1cncc(C)c1. The van der Waals surface area contributed by atoms with Crippen molar-refractivity contribution in [2.24, 2.45) is 0 Å². The number of nitriles is 1. The molecule has 0 fully saturated rings. The molecule has 3 heterocycles. The van der Waals surface area contributed by atoms with Crippen LogP contribution in [0, 0.1) is 18.3 Å². The molecule has 0 bridgehead atoms. The van der Waals surface area contributed by atoms with Gasteiger partial charge < -0.3 is 14.2 Å². The second-order valence-electron chi connectivity index (χ2n) is 8.14. The highest BCUT2D eigenvalue weighted by atomic mass is 32.2. The molecule has 0 radical (unpaired) electrons. The smallest absolute Gasteiger partial charge is 0.243 e. The number of hydrogen-bond donors (Lipinski definition) is 1. The number of anilines is 1. The lowest BCUT2D eigenvalue weighted by Gasteiger charge is -2.19. The number of sulfonamides is 1. The number of pyridine rings is 2. The molecule has 0 saturated carbocycles. The normalized spacial score (nSPS) is 12.0. The number of ether oxygens (including phenoxy) is 3. The van der Waals surface area contributed by atoms with Gasteiger partial charge in [-0.25, -0.2) is 8.42 Å². The molecule has 0 aliphatic heterocycles. The molecule has 0 spiro atoms. The molecule has 0 unspecified atom stereocenters. The average Bonchev–Trinajstić information content (AvgIpc) is 3.33. The fourth-order valence-corrected chi connectivity index (χ4v) is 4.99. The Hall–Kier alpha value is -4.54. The first-order chi connectivity index (χ1) is 18.3. The Balaban J connectivity index is 1.79. The van der Waals surface area contributed by atoms with Crippen molar-refractivity contribution in [3.63, 3.8) is 0 Å². The molecule has 1 N–H and O–H groups in total. The highest BCUT2D eigenvalue weighted by Crippen LogP contribution is 2.37. The Bertz CT molecular complexity index is 1560. The van der Waals surface area contributed by atoms with Gasteiger partial charge in [-0.05, 0) is 42.8 Å². The van der Waals surface area contributed by atoms with Crippen LogP contribution < -0.4 is 14.2 Å². The third kappa shape index (κ3) is 5.56. The molecule has 4 aromatic rings. The minimum Gasteiger partial charge on any atom is -0.494 e. The summed E-state index contributed by atoms with van der Waals surface area (Å²) in [7, 11) is 0.311. The van der Waals surface area contributed by atoms with Crippen molar-refractivity contribution >= 4 is 16.0 Å². The van der Waals surface area contributed by atoms with Crippen LogP contribution in [-0.2, 0) is 14.8 Å².